The van der Waals surface area contributed by atoms with E-state index in [1.807, 2.05) is 36.4 Å². The van der Waals surface area contributed by atoms with E-state index in [2.05, 4.69) is 15.6 Å². The predicted molar refractivity (Wildman–Crippen MR) is 122 cm³/mol. The maximum absolute atomic E-state index is 12.3. The number of carbonyl (C=O) groups is 1. The first-order chi connectivity index (χ1) is 15.2. The lowest BCUT2D eigenvalue weighted by molar-refractivity contribution is 0.0951. The number of fused-ring (bicyclic) bond motifs is 1. The third-order valence-electron chi connectivity index (χ3n) is 5.35. The number of pyridine rings is 1. The van der Waals surface area contributed by atoms with E-state index in [1.165, 1.54) is 0 Å². The van der Waals surface area contributed by atoms with Crippen LogP contribution in [0.2, 0.25) is 0 Å². The van der Waals surface area contributed by atoms with Crippen LogP contribution in [0.5, 0.6) is 11.5 Å². The Kier molecular flexibility index (Phi) is 6.84. The summed E-state index contributed by atoms with van der Waals surface area (Å²) >= 11 is 0. The highest BCUT2D eigenvalue weighted by molar-refractivity contribution is 5.94. The molecule has 2 aromatic carbocycles. The summed E-state index contributed by atoms with van der Waals surface area (Å²) in [6.07, 6.45) is 4.65. The number of carbonyl (C=O) groups excluding carboxylic acids is 1. The summed E-state index contributed by atoms with van der Waals surface area (Å²) in [5, 5.41) is 8.15. The first kappa shape index (κ1) is 20.9. The Bertz CT molecular complexity index is 1020. The lowest BCUT2D eigenvalue weighted by Gasteiger charge is -2.23. The van der Waals surface area contributed by atoms with E-state index in [4.69, 9.17) is 15.2 Å². The zero-order chi connectivity index (χ0) is 21.5. The molecule has 1 saturated heterocycles. The maximum atomic E-state index is 12.3. The van der Waals surface area contributed by atoms with Gasteiger partial charge in [-0.2, -0.15) is 0 Å². The number of ether oxygens (including phenoxy) is 2. The molecule has 162 valence electrons. The molecule has 1 aliphatic heterocycles. The number of hydrogen-bond donors (Lipinski definition) is 3. The van der Waals surface area contributed by atoms with Gasteiger partial charge in [0.1, 0.15) is 23.4 Å². The minimum absolute atomic E-state index is 0.0991. The van der Waals surface area contributed by atoms with Crippen LogP contribution in [0.25, 0.3) is 10.8 Å². The highest BCUT2D eigenvalue weighted by Gasteiger charge is 2.14. The lowest BCUT2D eigenvalue weighted by atomic mass is 10.1. The molecule has 0 saturated carbocycles. The number of benzene rings is 2. The van der Waals surface area contributed by atoms with Crippen LogP contribution in [0.4, 0.5) is 5.82 Å². The average Bonchev–Trinajstić information content (AvgIpc) is 2.80. The van der Waals surface area contributed by atoms with Crippen molar-refractivity contribution in [2.75, 3.05) is 32.0 Å². The fraction of sp³-hybridized carbons (Fsp3) is 0.333. The second-order valence-electron chi connectivity index (χ2n) is 7.63. The molecule has 0 spiro atoms. The molecule has 4 rings (SSSR count). The summed E-state index contributed by atoms with van der Waals surface area (Å²) in [6.45, 7) is 3.00. The number of rotatable bonds is 8. The number of aromatic nitrogens is 1. The molecule has 7 heteroatoms. The number of nitrogens with two attached hydrogens (primary N) is 1. The van der Waals surface area contributed by atoms with Crippen molar-refractivity contribution in [1.29, 1.82) is 0 Å². The Morgan fingerprint density at radius 2 is 1.87 bits per heavy atom. The number of anilines is 1. The Morgan fingerprint density at radius 3 is 2.68 bits per heavy atom. The van der Waals surface area contributed by atoms with Gasteiger partial charge in [0.15, 0.2) is 0 Å². The van der Waals surface area contributed by atoms with Gasteiger partial charge in [-0.05, 0) is 80.2 Å². The van der Waals surface area contributed by atoms with E-state index >= 15 is 0 Å². The molecular weight excluding hydrogens is 392 g/mol. The van der Waals surface area contributed by atoms with Crippen LogP contribution in [0, 0.1) is 0 Å². The van der Waals surface area contributed by atoms with Gasteiger partial charge in [-0.3, -0.25) is 4.79 Å². The Morgan fingerprint density at radius 1 is 1.10 bits per heavy atom. The quantitative estimate of drug-likeness (QED) is 0.484. The molecule has 1 aliphatic rings. The predicted octanol–water partition coefficient (Wildman–Crippen LogP) is 3.15. The summed E-state index contributed by atoms with van der Waals surface area (Å²) in [7, 11) is 0. The summed E-state index contributed by atoms with van der Waals surface area (Å²) < 4.78 is 11.8. The van der Waals surface area contributed by atoms with Crippen LogP contribution >= 0.6 is 0 Å². The zero-order valence-corrected chi connectivity index (χ0v) is 17.5. The average molecular weight is 421 g/mol. The van der Waals surface area contributed by atoms with E-state index in [0.29, 0.717) is 31.0 Å². The minimum Gasteiger partial charge on any atom is -0.494 e. The zero-order valence-electron chi connectivity index (χ0n) is 17.5. The molecule has 0 aliphatic carbocycles. The summed E-state index contributed by atoms with van der Waals surface area (Å²) in [4.78, 5) is 16.4. The largest absolute Gasteiger partial charge is 0.494 e. The van der Waals surface area contributed by atoms with Crippen molar-refractivity contribution in [3.63, 3.8) is 0 Å². The number of nitrogens with zero attached hydrogens (tertiary/aromatic N) is 1. The van der Waals surface area contributed by atoms with Gasteiger partial charge in [-0.1, -0.05) is 6.07 Å². The normalized spacial score (nSPS) is 14.3. The van der Waals surface area contributed by atoms with E-state index < -0.39 is 0 Å². The first-order valence-electron chi connectivity index (χ1n) is 10.7. The molecule has 0 unspecified atom stereocenters. The Balaban J connectivity index is 1.19. The summed E-state index contributed by atoms with van der Waals surface area (Å²) in [5.74, 6) is 1.94. The second kappa shape index (κ2) is 10.1. The molecule has 2 heterocycles. The molecule has 3 aromatic rings. The highest BCUT2D eigenvalue weighted by Crippen LogP contribution is 2.24. The Labute approximate surface area is 181 Å². The minimum atomic E-state index is -0.0991. The number of hydrogen-bond acceptors (Lipinski definition) is 6. The van der Waals surface area contributed by atoms with Gasteiger partial charge < -0.3 is 25.8 Å². The van der Waals surface area contributed by atoms with Crippen molar-refractivity contribution >= 4 is 22.5 Å². The molecule has 4 N–H and O–H groups in total. The van der Waals surface area contributed by atoms with Crippen molar-refractivity contribution in [2.24, 2.45) is 0 Å². The number of nitrogen functional groups attached to an aromatic ring is 1. The van der Waals surface area contributed by atoms with Gasteiger partial charge in [-0.15, -0.1) is 0 Å². The smallest absolute Gasteiger partial charge is 0.251 e. The first-order valence-corrected chi connectivity index (χ1v) is 10.7. The van der Waals surface area contributed by atoms with Crippen molar-refractivity contribution in [2.45, 2.75) is 25.4 Å². The Hall–Kier alpha value is -3.32. The maximum Gasteiger partial charge on any atom is 0.251 e. The molecule has 7 nitrogen and oxygen atoms in total. The highest BCUT2D eigenvalue weighted by atomic mass is 16.5. The standard InChI is InChI=1S/C24H28N4O3/c25-23-22-16-21(7-2-17(22)8-14-27-23)30-15-1-11-28-24(29)18-3-5-19(6-4-18)31-20-9-12-26-13-10-20/h2-8,14,16,20,26H,1,9-13,15H2,(H2,25,27)(H,28,29). The van der Waals surface area contributed by atoms with Gasteiger partial charge in [-0.25, -0.2) is 4.98 Å². The van der Waals surface area contributed by atoms with Crippen LogP contribution in [0.1, 0.15) is 29.6 Å². The van der Waals surface area contributed by atoms with Gasteiger partial charge in [0.25, 0.3) is 5.91 Å². The van der Waals surface area contributed by atoms with Crippen LogP contribution in [0.3, 0.4) is 0 Å². The van der Waals surface area contributed by atoms with E-state index in [1.54, 1.807) is 18.3 Å². The van der Waals surface area contributed by atoms with Gasteiger partial charge >= 0.3 is 0 Å². The molecule has 0 atom stereocenters. The summed E-state index contributed by atoms with van der Waals surface area (Å²) in [6, 6.07) is 15.0. The van der Waals surface area contributed by atoms with E-state index in [-0.39, 0.29) is 12.0 Å². The van der Waals surface area contributed by atoms with Crippen LogP contribution < -0.4 is 25.8 Å². The second-order valence-corrected chi connectivity index (χ2v) is 7.63. The monoisotopic (exact) mass is 420 g/mol. The fourth-order valence-corrected chi connectivity index (χ4v) is 3.62. The molecule has 31 heavy (non-hydrogen) atoms. The lowest BCUT2D eigenvalue weighted by Crippen LogP contribution is -2.34. The SMILES string of the molecule is Nc1nccc2ccc(OCCCNC(=O)c3ccc(OC4CCNCC4)cc3)cc12. The van der Waals surface area contributed by atoms with E-state index in [0.717, 1.165) is 48.2 Å². The fourth-order valence-electron chi connectivity index (χ4n) is 3.62. The van der Waals surface area contributed by atoms with Gasteiger partial charge in [0.2, 0.25) is 0 Å². The third kappa shape index (κ3) is 5.64. The number of piperidine rings is 1. The topological polar surface area (TPSA) is 98.5 Å². The molecule has 1 fully saturated rings. The van der Waals surface area contributed by atoms with Gasteiger partial charge in [0.05, 0.1) is 6.61 Å². The molecule has 1 aromatic heterocycles. The van der Waals surface area contributed by atoms with Crippen molar-refractivity contribution in [3.8, 4) is 11.5 Å². The molecular formula is C24H28N4O3. The van der Waals surface area contributed by atoms with Crippen LogP contribution in [0.15, 0.2) is 54.7 Å². The van der Waals surface area contributed by atoms with Crippen molar-refractivity contribution in [3.05, 3.63) is 60.3 Å². The number of nitrogens with one attached hydrogen (secondary N) is 2. The number of amides is 1. The van der Waals surface area contributed by atoms with Crippen molar-refractivity contribution in [1.82, 2.24) is 15.6 Å². The van der Waals surface area contributed by atoms with Crippen LogP contribution in [-0.2, 0) is 0 Å². The third-order valence-corrected chi connectivity index (χ3v) is 5.35. The van der Waals surface area contributed by atoms with E-state index in [9.17, 15) is 4.79 Å². The van der Waals surface area contributed by atoms with Gasteiger partial charge in [0, 0.05) is 23.7 Å². The van der Waals surface area contributed by atoms with Crippen LogP contribution in [-0.4, -0.2) is 43.2 Å². The molecule has 0 radical (unpaired) electrons. The van der Waals surface area contributed by atoms with Crippen molar-refractivity contribution < 1.29 is 14.3 Å². The summed E-state index contributed by atoms with van der Waals surface area (Å²) in [5.41, 5.74) is 6.54. The molecule has 1 amide bonds. The molecule has 0 bridgehead atoms.